The maximum atomic E-state index is 12.0. The van der Waals surface area contributed by atoms with E-state index in [1.807, 2.05) is 62.4 Å². The van der Waals surface area contributed by atoms with Crippen molar-refractivity contribution in [3.05, 3.63) is 71.8 Å². The summed E-state index contributed by atoms with van der Waals surface area (Å²) in [4.78, 5) is 12.0. The van der Waals surface area contributed by atoms with Gasteiger partial charge in [0.05, 0.1) is 6.54 Å². The van der Waals surface area contributed by atoms with Crippen LogP contribution in [-0.4, -0.2) is 45.5 Å². The highest BCUT2D eigenvalue weighted by Crippen LogP contribution is 2.19. The fourth-order valence-electron chi connectivity index (χ4n) is 3.02. The van der Waals surface area contributed by atoms with Crippen molar-refractivity contribution in [1.82, 2.24) is 25.1 Å². The van der Waals surface area contributed by atoms with E-state index < -0.39 is 0 Å². The van der Waals surface area contributed by atoms with Crippen LogP contribution >= 0.6 is 0 Å². The van der Waals surface area contributed by atoms with E-state index in [1.165, 1.54) is 0 Å². The molecule has 0 bridgehead atoms. The minimum atomic E-state index is -0.210. The molecule has 0 aliphatic rings. The van der Waals surface area contributed by atoms with Crippen LogP contribution in [0.15, 0.2) is 60.7 Å². The van der Waals surface area contributed by atoms with Gasteiger partial charge in [-0.1, -0.05) is 42.5 Å². The number of carbonyl (C=O) groups excluding carboxylic acids is 1. The predicted octanol–water partition coefficient (Wildman–Crippen LogP) is 2.98. The molecule has 1 N–H and O–H groups in total. The number of aromatic nitrogens is 4. The predicted molar refractivity (Wildman–Crippen MR) is 116 cm³/mol. The van der Waals surface area contributed by atoms with E-state index in [0.29, 0.717) is 29.6 Å². The molecule has 0 saturated heterocycles. The van der Waals surface area contributed by atoms with Crippen LogP contribution in [0.25, 0.3) is 17.0 Å². The topological polar surface area (TPSA) is 90.6 Å². The van der Waals surface area contributed by atoms with Crippen LogP contribution in [0.2, 0.25) is 0 Å². The summed E-state index contributed by atoms with van der Waals surface area (Å²) in [5.74, 6) is 1.56. The summed E-state index contributed by atoms with van der Waals surface area (Å²) in [6.45, 7) is 4.50. The summed E-state index contributed by atoms with van der Waals surface area (Å²) in [6, 6.07) is 19.1. The number of rotatable bonds is 8. The van der Waals surface area contributed by atoms with E-state index in [1.54, 1.807) is 16.6 Å². The monoisotopic (exact) mass is 417 g/mol. The van der Waals surface area contributed by atoms with Crippen molar-refractivity contribution in [2.24, 2.45) is 0 Å². The average Bonchev–Trinajstić information content (AvgIpc) is 3.21. The molecule has 1 amide bonds. The van der Waals surface area contributed by atoms with Crippen molar-refractivity contribution < 1.29 is 14.3 Å². The lowest BCUT2D eigenvalue weighted by Crippen LogP contribution is -2.32. The number of nitrogens with zero attached hydrogens (tertiary/aromatic N) is 4. The molecule has 8 heteroatoms. The molecular formula is C23H23N5O3. The van der Waals surface area contributed by atoms with Crippen molar-refractivity contribution >= 4 is 11.6 Å². The molecule has 8 nitrogen and oxygen atoms in total. The molecule has 31 heavy (non-hydrogen) atoms. The van der Waals surface area contributed by atoms with Crippen LogP contribution in [0.3, 0.4) is 0 Å². The Balaban J connectivity index is 1.28. The first-order valence-corrected chi connectivity index (χ1v) is 9.97. The van der Waals surface area contributed by atoms with Crippen LogP contribution in [0.1, 0.15) is 11.1 Å². The molecule has 0 atom stereocenters. The molecule has 2 aromatic heterocycles. The molecule has 4 rings (SSSR count). The van der Waals surface area contributed by atoms with Crippen LogP contribution in [0, 0.1) is 13.8 Å². The third-order valence-electron chi connectivity index (χ3n) is 4.65. The van der Waals surface area contributed by atoms with Gasteiger partial charge in [-0.05, 0) is 37.1 Å². The highest BCUT2D eigenvalue weighted by Gasteiger charge is 2.10. The molecule has 2 aromatic carbocycles. The SMILES string of the molecule is Cc1ccc(C)c(OCC(=O)NCCOc2ccc3nnc(-c4ccccc4)n3n2)c1. The zero-order valence-corrected chi connectivity index (χ0v) is 17.4. The molecule has 0 spiro atoms. The van der Waals surface area contributed by atoms with Crippen LogP contribution < -0.4 is 14.8 Å². The van der Waals surface area contributed by atoms with Gasteiger partial charge in [-0.3, -0.25) is 4.79 Å². The van der Waals surface area contributed by atoms with Gasteiger partial charge < -0.3 is 14.8 Å². The van der Waals surface area contributed by atoms with Gasteiger partial charge in [0.1, 0.15) is 12.4 Å². The number of carbonyl (C=O) groups is 1. The number of benzene rings is 2. The number of fused-ring (bicyclic) bond motifs is 1. The van der Waals surface area contributed by atoms with E-state index in [0.717, 1.165) is 16.7 Å². The maximum absolute atomic E-state index is 12.0. The largest absolute Gasteiger partial charge is 0.483 e. The standard InChI is InChI=1S/C23H23N5O3/c1-16-8-9-17(2)19(14-16)31-15-21(29)24-12-13-30-22-11-10-20-25-26-23(28(20)27-22)18-6-4-3-5-7-18/h3-11,14H,12-13,15H2,1-2H3,(H,24,29). The summed E-state index contributed by atoms with van der Waals surface area (Å²) >= 11 is 0. The van der Waals surface area contributed by atoms with Crippen molar-refractivity contribution in [2.75, 3.05) is 19.8 Å². The van der Waals surface area contributed by atoms with E-state index in [-0.39, 0.29) is 19.1 Å². The highest BCUT2D eigenvalue weighted by molar-refractivity contribution is 5.77. The number of hydrogen-bond donors (Lipinski definition) is 1. The minimum Gasteiger partial charge on any atom is -0.483 e. The molecule has 2 heterocycles. The lowest BCUT2D eigenvalue weighted by molar-refractivity contribution is -0.123. The lowest BCUT2D eigenvalue weighted by Gasteiger charge is -2.11. The van der Waals surface area contributed by atoms with E-state index in [4.69, 9.17) is 9.47 Å². The second-order valence-corrected chi connectivity index (χ2v) is 7.09. The third-order valence-corrected chi connectivity index (χ3v) is 4.65. The van der Waals surface area contributed by atoms with Crippen molar-refractivity contribution in [3.63, 3.8) is 0 Å². The Hall–Kier alpha value is -3.94. The normalized spacial score (nSPS) is 10.8. The Morgan fingerprint density at radius 1 is 1.00 bits per heavy atom. The smallest absolute Gasteiger partial charge is 0.258 e. The first kappa shape index (κ1) is 20.3. The second-order valence-electron chi connectivity index (χ2n) is 7.09. The van der Waals surface area contributed by atoms with E-state index in [2.05, 4.69) is 20.6 Å². The number of hydrogen-bond acceptors (Lipinski definition) is 6. The van der Waals surface area contributed by atoms with Gasteiger partial charge in [0, 0.05) is 11.6 Å². The Morgan fingerprint density at radius 2 is 1.84 bits per heavy atom. The average molecular weight is 417 g/mol. The summed E-state index contributed by atoms with van der Waals surface area (Å²) in [6.07, 6.45) is 0. The molecule has 158 valence electrons. The molecule has 0 unspecified atom stereocenters. The Morgan fingerprint density at radius 3 is 2.68 bits per heavy atom. The first-order chi connectivity index (χ1) is 15.1. The number of aryl methyl sites for hydroxylation is 2. The summed E-state index contributed by atoms with van der Waals surface area (Å²) in [5, 5.41) is 15.6. The summed E-state index contributed by atoms with van der Waals surface area (Å²) < 4.78 is 12.9. The van der Waals surface area contributed by atoms with Gasteiger partial charge in [-0.15, -0.1) is 15.3 Å². The Bertz CT molecular complexity index is 1190. The van der Waals surface area contributed by atoms with Crippen molar-refractivity contribution in [2.45, 2.75) is 13.8 Å². The van der Waals surface area contributed by atoms with Gasteiger partial charge in [0.25, 0.3) is 5.91 Å². The molecule has 0 radical (unpaired) electrons. The minimum absolute atomic E-state index is 0.0460. The molecule has 4 aromatic rings. The first-order valence-electron chi connectivity index (χ1n) is 9.97. The van der Waals surface area contributed by atoms with Gasteiger partial charge in [0.2, 0.25) is 5.88 Å². The van der Waals surface area contributed by atoms with Crippen LogP contribution in [0.5, 0.6) is 11.6 Å². The zero-order valence-electron chi connectivity index (χ0n) is 17.4. The molecular weight excluding hydrogens is 394 g/mol. The van der Waals surface area contributed by atoms with E-state index in [9.17, 15) is 4.79 Å². The molecule has 0 aliphatic carbocycles. The third kappa shape index (κ3) is 4.98. The van der Waals surface area contributed by atoms with Crippen LogP contribution in [-0.2, 0) is 4.79 Å². The van der Waals surface area contributed by atoms with Crippen LogP contribution in [0.4, 0.5) is 0 Å². The number of ether oxygens (including phenoxy) is 2. The van der Waals surface area contributed by atoms with Gasteiger partial charge >= 0.3 is 0 Å². The fraction of sp³-hybridized carbons (Fsp3) is 0.217. The Kier molecular flexibility index (Phi) is 6.07. The quantitative estimate of drug-likeness (QED) is 0.443. The molecule has 0 saturated carbocycles. The van der Waals surface area contributed by atoms with Crippen molar-refractivity contribution in [3.8, 4) is 23.0 Å². The summed E-state index contributed by atoms with van der Waals surface area (Å²) in [7, 11) is 0. The zero-order chi connectivity index (χ0) is 21.6. The van der Waals surface area contributed by atoms with E-state index >= 15 is 0 Å². The highest BCUT2D eigenvalue weighted by atomic mass is 16.5. The number of nitrogens with one attached hydrogen (secondary N) is 1. The van der Waals surface area contributed by atoms with Crippen molar-refractivity contribution in [1.29, 1.82) is 0 Å². The maximum Gasteiger partial charge on any atom is 0.258 e. The molecule has 0 aliphatic heterocycles. The fourth-order valence-corrected chi connectivity index (χ4v) is 3.02. The van der Waals surface area contributed by atoms with Gasteiger partial charge in [-0.2, -0.15) is 4.52 Å². The lowest BCUT2D eigenvalue weighted by atomic mass is 10.1. The second kappa shape index (κ2) is 9.25. The Labute approximate surface area is 179 Å². The number of amides is 1. The summed E-state index contributed by atoms with van der Waals surface area (Å²) in [5.41, 5.74) is 3.62. The molecule has 0 fully saturated rings. The van der Waals surface area contributed by atoms with Gasteiger partial charge in [-0.25, -0.2) is 0 Å². The van der Waals surface area contributed by atoms with Gasteiger partial charge in [0.15, 0.2) is 18.1 Å².